The van der Waals surface area contributed by atoms with Gasteiger partial charge in [0.05, 0.1) is 0 Å². The first-order valence-electron chi connectivity index (χ1n) is 4.32. The lowest BCUT2D eigenvalue weighted by atomic mass is 10.1. The number of rotatable bonds is 1. The maximum Gasteiger partial charge on any atom is 0.161 e. The van der Waals surface area contributed by atoms with Crippen molar-refractivity contribution >= 4 is 15.9 Å². The summed E-state index contributed by atoms with van der Waals surface area (Å²) in [5.41, 5.74) is 2.26. The summed E-state index contributed by atoms with van der Waals surface area (Å²) in [6.07, 6.45) is 0. The van der Waals surface area contributed by atoms with Gasteiger partial charge in [0.25, 0.3) is 0 Å². The van der Waals surface area contributed by atoms with Crippen LogP contribution in [0.3, 0.4) is 0 Å². The molecule has 0 amide bonds. The molecule has 1 heterocycles. The first-order chi connectivity index (χ1) is 6.66. The molecule has 0 aliphatic rings. The molecule has 4 heteroatoms. The number of hydrogen-bond donors (Lipinski definition) is 1. The van der Waals surface area contributed by atoms with Crippen LogP contribution in [0, 0.1) is 13.8 Å². The van der Waals surface area contributed by atoms with Gasteiger partial charge < -0.3 is 4.98 Å². The highest BCUT2D eigenvalue weighted by Gasteiger charge is 2.04. The summed E-state index contributed by atoms with van der Waals surface area (Å²) in [4.78, 5) is 3.10. The lowest BCUT2D eigenvalue weighted by molar-refractivity contribution is 1.04. The molecule has 3 nitrogen and oxygen atoms in total. The Labute approximate surface area is 90.7 Å². The van der Waals surface area contributed by atoms with E-state index < -0.39 is 0 Å². The summed E-state index contributed by atoms with van der Waals surface area (Å²) >= 11 is 3.49. The molecule has 0 unspecified atom stereocenters. The third-order valence-electron chi connectivity index (χ3n) is 2.04. The predicted molar refractivity (Wildman–Crippen MR) is 59.0 cm³/mol. The molecule has 1 aromatic carbocycles. The Bertz CT molecular complexity index is 462. The summed E-state index contributed by atoms with van der Waals surface area (Å²) in [7, 11) is 0. The highest BCUT2D eigenvalue weighted by atomic mass is 79.9. The van der Waals surface area contributed by atoms with Gasteiger partial charge in [-0.15, -0.1) is 10.2 Å². The van der Waals surface area contributed by atoms with Gasteiger partial charge in [-0.1, -0.05) is 28.1 Å². The van der Waals surface area contributed by atoms with Crippen LogP contribution in [0.25, 0.3) is 11.4 Å². The molecule has 0 saturated carbocycles. The van der Waals surface area contributed by atoms with Gasteiger partial charge in [0.15, 0.2) is 5.82 Å². The zero-order chi connectivity index (χ0) is 10.1. The number of nitrogens with one attached hydrogen (secondary N) is 1. The van der Waals surface area contributed by atoms with E-state index in [1.807, 2.05) is 19.1 Å². The molecule has 0 fully saturated rings. The molecular weight excluding hydrogens is 242 g/mol. The molecular formula is C10H10BrN3. The van der Waals surface area contributed by atoms with E-state index >= 15 is 0 Å². The van der Waals surface area contributed by atoms with E-state index in [0.717, 1.165) is 21.7 Å². The predicted octanol–water partition coefficient (Wildman–Crippen LogP) is 2.85. The molecule has 72 valence electrons. The molecule has 14 heavy (non-hydrogen) atoms. The van der Waals surface area contributed by atoms with E-state index in [1.165, 1.54) is 5.56 Å². The third kappa shape index (κ3) is 1.70. The molecule has 2 aromatic rings. The lowest BCUT2D eigenvalue weighted by Gasteiger charge is -2.00. The zero-order valence-electron chi connectivity index (χ0n) is 8.00. The molecule has 0 spiro atoms. The van der Waals surface area contributed by atoms with Crippen LogP contribution in [-0.2, 0) is 0 Å². The molecule has 0 radical (unpaired) electrons. The normalized spacial score (nSPS) is 10.5. The molecule has 1 aromatic heterocycles. The Hall–Kier alpha value is -1.16. The van der Waals surface area contributed by atoms with Crippen LogP contribution in [0.1, 0.15) is 11.4 Å². The van der Waals surface area contributed by atoms with E-state index in [1.54, 1.807) is 0 Å². The second kappa shape index (κ2) is 3.53. The fraction of sp³-hybridized carbons (Fsp3) is 0.200. The molecule has 2 rings (SSSR count). The van der Waals surface area contributed by atoms with Crippen molar-refractivity contribution in [3.63, 3.8) is 0 Å². The molecule has 0 aliphatic carbocycles. The molecule has 0 atom stereocenters. The number of nitrogens with zero attached hydrogens (tertiary/aromatic N) is 2. The van der Waals surface area contributed by atoms with Crippen LogP contribution < -0.4 is 0 Å². The average molecular weight is 252 g/mol. The van der Waals surface area contributed by atoms with Crippen LogP contribution in [0.4, 0.5) is 0 Å². The molecule has 0 aliphatic heterocycles. The van der Waals surface area contributed by atoms with E-state index in [0.29, 0.717) is 0 Å². The summed E-state index contributed by atoms with van der Waals surface area (Å²) in [5.74, 6) is 1.64. The van der Waals surface area contributed by atoms with E-state index in [-0.39, 0.29) is 0 Å². The van der Waals surface area contributed by atoms with Gasteiger partial charge in [0, 0.05) is 10.0 Å². The van der Waals surface area contributed by atoms with Crippen molar-refractivity contribution in [3.8, 4) is 11.4 Å². The third-order valence-corrected chi connectivity index (χ3v) is 2.90. The minimum atomic E-state index is 0.809. The number of benzene rings is 1. The Morgan fingerprint density at radius 3 is 2.57 bits per heavy atom. The van der Waals surface area contributed by atoms with Crippen LogP contribution in [0.15, 0.2) is 22.7 Å². The zero-order valence-corrected chi connectivity index (χ0v) is 9.59. The Kier molecular flexibility index (Phi) is 2.37. The van der Waals surface area contributed by atoms with E-state index in [2.05, 4.69) is 44.1 Å². The largest absolute Gasteiger partial charge is 0.325 e. The topological polar surface area (TPSA) is 41.6 Å². The summed E-state index contributed by atoms with van der Waals surface area (Å²) in [6.45, 7) is 3.94. The summed E-state index contributed by atoms with van der Waals surface area (Å²) in [5, 5.41) is 7.95. The van der Waals surface area contributed by atoms with Gasteiger partial charge in [-0.2, -0.15) is 0 Å². The first kappa shape index (κ1) is 9.40. The van der Waals surface area contributed by atoms with Gasteiger partial charge in [0.1, 0.15) is 5.82 Å². The Balaban J connectivity index is 2.47. The second-order valence-corrected chi connectivity index (χ2v) is 4.08. The van der Waals surface area contributed by atoms with Crippen molar-refractivity contribution in [1.29, 1.82) is 0 Å². The van der Waals surface area contributed by atoms with Crippen LogP contribution in [0.2, 0.25) is 0 Å². The Morgan fingerprint density at radius 1 is 1.21 bits per heavy atom. The molecule has 1 N–H and O–H groups in total. The van der Waals surface area contributed by atoms with Gasteiger partial charge >= 0.3 is 0 Å². The quantitative estimate of drug-likeness (QED) is 0.847. The van der Waals surface area contributed by atoms with Crippen molar-refractivity contribution in [2.45, 2.75) is 13.8 Å². The number of aryl methyl sites for hydroxylation is 2. The highest BCUT2D eigenvalue weighted by Crippen LogP contribution is 2.22. The SMILES string of the molecule is Cc1nnc(-c2ccc(C)c(Br)c2)[nH]1. The van der Waals surface area contributed by atoms with Gasteiger partial charge in [0.2, 0.25) is 0 Å². The minimum absolute atomic E-state index is 0.809. The van der Waals surface area contributed by atoms with Crippen LogP contribution in [0.5, 0.6) is 0 Å². The van der Waals surface area contributed by atoms with Crippen LogP contribution in [-0.4, -0.2) is 15.2 Å². The van der Waals surface area contributed by atoms with Gasteiger partial charge in [-0.25, -0.2) is 0 Å². The van der Waals surface area contributed by atoms with Crippen LogP contribution >= 0.6 is 15.9 Å². The number of halogens is 1. The standard InChI is InChI=1S/C10H10BrN3/c1-6-3-4-8(5-9(6)11)10-12-7(2)13-14-10/h3-5H,1-2H3,(H,12,13,14). The van der Waals surface area contributed by atoms with Crippen molar-refractivity contribution in [1.82, 2.24) is 15.2 Å². The number of aromatic nitrogens is 3. The van der Waals surface area contributed by atoms with Crippen molar-refractivity contribution in [2.24, 2.45) is 0 Å². The summed E-state index contributed by atoms with van der Waals surface area (Å²) in [6, 6.07) is 6.12. The number of aromatic amines is 1. The fourth-order valence-corrected chi connectivity index (χ4v) is 1.60. The van der Waals surface area contributed by atoms with Gasteiger partial charge in [-0.05, 0) is 25.5 Å². The van der Waals surface area contributed by atoms with Gasteiger partial charge in [-0.3, -0.25) is 0 Å². The number of hydrogen-bond acceptors (Lipinski definition) is 2. The smallest absolute Gasteiger partial charge is 0.161 e. The lowest BCUT2D eigenvalue weighted by Crippen LogP contribution is -1.82. The van der Waals surface area contributed by atoms with Crippen molar-refractivity contribution in [2.75, 3.05) is 0 Å². The highest BCUT2D eigenvalue weighted by molar-refractivity contribution is 9.10. The fourth-order valence-electron chi connectivity index (χ4n) is 1.22. The number of H-pyrrole nitrogens is 1. The summed E-state index contributed by atoms with van der Waals surface area (Å²) < 4.78 is 1.09. The maximum absolute atomic E-state index is 4.03. The van der Waals surface area contributed by atoms with E-state index in [4.69, 9.17) is 0 Å². The maximum atomic E-state index is 4.03. The first-order valence-corrected chi connectivity index (χ1v) is 5.12. The average Bonchev–Trinajstić information content (AvgIpc) is 2.57. The molecule has 0 saturated heterocycles. The van der Waals surface area contributed by atoms with Crippen molar-refractivity contribution < 1.29 is 0 Å². The minimum Gasteiger partial charge on any atom is -0.325 e. The monoisotopic (exact) mass is 251 g/mol. The van der Waals surface area contributed by atoms with E-state index in [9.17, 15) is 0 Å². The molecule has 0 bridgehead atoms. The second-order valence-electron chi connectivity index (χ2n) is 3.22. The van der Waals surface area contributed by atoms with Crippen molar-refractivity contribution in [3.05, 3.63) is 34.1 Å². The Morgan fingerprint density at radius 2 is 2.00 bits per heavy atom.